The fourth-order valence-corrected chi connectivity index (χ4v) is 4.43. The minimum Gasteiger partial charge on any atom is -0.354 e. The van der Waals surface area contributed by atoms with Crippen LogP contribution in [0.3, 0.4) is 0 Å². The highest BCUT2D eigenvalue weighted by molar-refractivity contribution is 7.13. The van der Waals surface area contributed by atoms with Gasteiger partial charge in [-0.1, -0.05) is 23.7 Å². The van der Waals surface area contributed by atoms with Crippen molar-refractivity contribution in [2.45, 2.75) is 25.3 Å². The molecule has 4 rings (SSSR count). The maximum absolute atomic E-state index is 12.5. The molecule has 1 fully saturated rings. The van der Waals surface area contributed by atoms with Crippen molar-refractivity contribution in [3.63, 3.8) is 0 Å². The smallest absolute Gasteiger partial charge is 0.226 e. The Morgan fingerprint density at radius 1 is 1.36 bits per heavy atom. The highest BCUT2D eigenvalue weighted by atomic mass is 35.5. The SMILES string of the molecule is O=C(Cc1csc(-c2ncn[nH]2)n1)NCC(c1cccc(Cl)c1)N1CCCC1. The number of benzene rings is 1. The molecule has 3 heterocycles. The summed E-state index contributed by atoms with van der Waals surface area (Å²) in [6.45, 7) is 2.64. The fraction of sp³-hybridized carbons (Fsp3) is 0.368. The van der Waals surface area contributed by atoms with E-state index < -0.39 is 0 Å². The summed E-state index contributed by atoms with van der Waals surface area (Å²) >= 11 is 7.63. The van der Waals surface area contributed by atoms with Crippen LogP contribution < -0.4 is 5.32 Å². The number of carbonyl (C=O) groups excluding carboxylic acids is 1. The van der Waals surface area contributed by atoms with E-state index in [1.807, 2.05) is 23.6 Å². The van der Waals surface area contributed by atoms with Crippen molar-refractivity contribution < 1.29 is 4.79 Å². The van der Waals surface area contributed by atoms with Crippen molar-refractivity contribution in [1.29, 1.82) is 0 Å². The first kappa shape index (κ1) is 19.0. The number of H-pyrrole nitrogens is 1. The lowest BCUT2D eigenvalue weighted by atomic mass is 10.1. The van der Waals surface area contributed by atoms with Crippen molar-refractivity contribution in [3.05, 3.63) is 52.3 Å². The molecule has 2 aromatic heterocycles. The number of hydrogen-bond donors (Lipinski definition) is 2. The standard InChI is InChI=1S/C19H21ClN6OS/c20-14-5-3-4-13(8-14)16(26-6-1-2-7-26)10-21-17(27)9-15-11-28-19(24-15)18-22-12-23-25-18/h3-5,8,11-12,16H,1-2,6-7,9-10H2,(H,21,27)(H,22,23,25). The topological polar surface area (TPSA) is 86.8 Å². The molecule has 1 saturated heterocycles. The molecule has 1 aliphatic heterocycles. The van der Waals surface area contributed by atoms with Crippen molar-refractivity contribution >= 4 is 28.8 Å². The number of nitrogens with one attached hydrogen (secondary N) is 2. The van der Waals surface area contributed by atoms with E-state index in [-0.39, 0.29) is 18.4 Å². The molecule has 2 N–H and O–H groups in total. The Morgan fingerprint density at radius 2 is 2.21 bits per heavy atom. The van der Waals surface area contributed by atoms with Gasteiger partial charge in [0, 0.05) is 16.9 Å². The number of carbonyl (C=O) groups is 1. The highest BCUT2D eigenvalue weighted by Gasteiger charge is 2.24. The van der Waals surface area contributed by atoms with Gasteiger partial charge in [0.15, 0.2) is 10.8 Å². The van der Waals surface area contributed by atoms with Gasteiger partial charge in [0.2, 0.25) is 5.91 Å². The van der Waals surface area contributed by atoms with Crippen molar-refractivity contribution in [3.8, 4) is 10.8 Å². The second-order valence-corrected chi connectivity index (χ2v) is 8.07. The molecule has 0 aliphatic carbocycles. The molecule has 1 amide bonds. The van der Waals surface area contributed by atoms with Crippen LogP contribution in [0.15, 0.2) is 36.0 Å². The van der Waals surface area contributed by atoms with E-state index in [9.17, 15) is 4.79 Å². The van der Waals surface area contributed by atoms with Crippen LogP contribution in [-0.2, 0) is 11.2 Å². The third kappa shape index (κ3) is 4.57. The Balaban J connectivity index is 1.39. The van der Waals surface area contributed by atoms with Crippen LogP contribution in [0.1, 0.15) is 30.1 Å². The number of hydrogen-bond acceptors (Lipinski definition) is 6. The van der Waals surface area contributed by atoms with E-state index in [0.717, 1.165) is 34.4 Å². The number of amides is 1. The predicted molar refractivity (Wildman–Crippen MR) is 109 cm³/mol. The molecule has 1 aliphatic rings. The number of nitrogens with zero attached hydrogens (tertiary/aromatic N) is 4. The fourth-order valence-electron chi connectivity index (χ4n) is 3.47. The van der Waals surface area contributed by atoms with Crippen LogP contribution in [0.5, 0.6) is 0 Å². The summed E-state index contributed by atoms with van der Waals surface area (Å²) < 4.78 is 0. The van der Waals surface area contributed by atoms with Gasteiger partial charge in [-0.2, -0.15) is 5.10 Å². The van der Waals surface area contributed by atoms with Gasteiger partial charge in [0.05, 0.1) is 18.2 Å². The van der Waals surface area contributed by atoms with Gasteiger partial charge < -0.3 is 5.32 Å². The highest BCUT2D eigenvalue weighted by Crippen LogP contribution is 2.26. The van der Waals surface area contributed by atoms with Gasteiger partial charge in [-0.15, -0.1) is 11.3 Å². The lowest BCUT2D eigenvalue weighted by molar-refractivity contribution is -0.120. The van der Waals surface area contributed by atoms with Crippen LogP contribution in [0.25, 0.3) is 10.8 Å². The molecule has 146 valence electrons. The number of aromatic amines is 1. The number of likely N-dealkylation sites (tertiary alicyclic amines) is 1. The Hall–Kier alpha value is -2.29. The molecule has 9 heteroatoms. The van der Waals surface area contributed by atoms with Crippen molar-refractivity contribution in [2.75, 3.05) is 19.6 Å². The van der Waals surface area contributed by atoms with Crippen molar-refractivity contribution in [2.24, 2.45) is 0 Å². The maximum atomic E-state index is 12.5. The zero-order valence-electron chi connectivity index (χ0n) is 15.3. The first-order chi connectivity index (χ1) is 13.7. The molecule has 1 aromatic carbocycles. The van der Waals surface area contributed by atoms with Crippen molar-refractivity contribution in [1.82, 2.24) is 30.4 Å². The van der Waals surface area contributed by atoms with Gasteiger partial charge in [-0.05, 0) is 43.6 Å². The maximum Gasteiger partial charge on any atom is 0.226 e. The average molecular weight is 417 g/mol. The summed E-state index contributed by atoms with van der Waals surface area (Å²) in [5, 5.41) is 13.0. The summed E-state index contributed by atoms with van der Waals surface area (Å²) in [4.78, 5) is 23.5. The molecular weight excluding hydrogens is 396 g/mol. The molecule has 28 heavy (non-hydrogen) atoms. The first-order valence-electron chi connectivity index (χ1n) is 9.25. The lowest BCUT2D eigenvalue weighted by Gasteiger charge is -2.28. The summed E-state index contributed by atoms with van der Waals surface area (Å²) in [6.07, 6.45) is 4.06. The molecule has 3 aromatic rings. The first-order valence-corrected chi connectivity index (χ1v) is 10.5. The molecular formula is C19H21ClN6OS. The monoisotopic (exact) mass is 416 g/mol. The van der Waals surface area contributed by atoms with Gasteiger partial charge in [-0.3, -0.25) is 14.8 Å². The molecule has 0 bridgehead atoms. The Bertz CT molecular complexity index is 922. The van der Waals surface area contributed by atoms with Gasteiger partial charge in [-0.25, -0.2) is 9.97 Å². The van der Waals surface area contributed by atoms with Gasteiger partial charge in [0.25, 0.3) is 0 Å². The van der Waals surface area contributed by atoms with E-state index in [0.29, 0.717) is 12.4 Å². The Morgan fingerprint density at radius 3 is 2.96 bits per heavy atom. The molecule has 0 saturated carbocycles. The summed E-state index contributed by atoms with van der Waals surface area (Å²) in [6, 6.07) is 8.03. The second-order valence-electron chi connectivity index (χ2n) is 6.77. The second kappa shape index (κ2) is 8.81. The third-order valence-electron chi connectivity index (χ3n) is 4.82. The number of rotatable bonds is 7. The van der Waals surface area contributed by atoms with E-state index in [1.54, 1.807) is 0 Å². The van der Waals surface area contributed by atoms with E-state index in [1.165, 1.54) is 30.5 Å². The molecule has 0 radical (unpaired) electrons. The molecule has 7 nitrogen and oxygen atoms in total. The van der Waals surface area contributed by atoms with Gasteiger partial charge >= 0.3 is 0 Å². The largest absolute Gasteiger partial charge is 0.354 e. The van der Waals surface area contributed by atoms with E-state index in [2.05, 4.69) is 36.4 Å². The van der Waals surface area contributed by atoms with E-state index in [4.69, 9.17) is 11.6 Å². The third-order valence-corrected chi connectivity index (χ3v) is 5.95. The van der Waals surface area contributed by atoms with E-state index >= 15 is 0 Å². The minimum atomic E-state index is -0.0411. The van der Waals surface area contributed by atoms with Crippen LogP contribution in [0, 0.1) is 0 Å². The number of aromatic nitrogens is 4. The summed E-state index contributed by atoms with van der Waals surface area (Å²) in [5.41, 5.74) is 1.87. The minimum absolute atomic E-state index is 0.0411. The summed E-state index contributed by atoms with van der Waals surface area (Å²) in [7, 11) is 0. The molecule has 0 spiro atoms. The zero-order chi connectivity index (χ0) is 19.3. The van der Waals surface area contributed by atoms with Crippen LogP contribution in [0.2, 0.25) is 5.02 Å². The van der Waals surface area contributed by atoms with Crippen LogP contribution in [0.4, 0.5) is 0 Å². The van der Waals surface area contributed by atoms with Crippen LogP contribution in [-0.4, -0.2) is 50.6 Å². The molecule has 1 unspecified atom stereocenters. The average Bonchev–Trinajstić information content (AvgIpc) is 3.44. The Kier molecular flexibility index (Phi) is 5.99. The Labute approximate surface area is 172 Å². The zero-order valence-corrected chi connectivity index (χ0v) is 16.8. The summed E-state index contributed by atoms with van der Waals surface area (Å²) in [5.74, 6) is 0.576. The normalized spacial score (nSPS) is 15.6. The quantitative estimate of drug-likeness (QED) is 0.618. The van der Waals surface area contributed by atoms with Crippen LogP contribution >= 0.6 is 22.9 Å². The lowest BCUT2D eigenvalue weighted by Crippen LogP contribution is -2.37. The number of halogens is 1. The predicted octanol–water partition coefficient (Wildman–Crippen LogP) is 3.08. The van der Waals surface area contributed by atoms with Gasteiger partial charge in [0.1, 0.15) is 6.33 Å². The number of thiazole rings is 1. The molecule has 1 atom stereocenters.